The van der Waals surface area contributed by atoms with E-state index in [2.05, 4.69) is 5.16 Å². The summed E-state index contributed by atoms with van der Waals surface area (Å²) in [5.41, 5.74) is 1.95. The molecule has 1 heterocycles. The molecule has 5 nitrogen and oxygen atoms in total. The van der Waals surface area contributed by atoms with Crippen molar-refractivity contribution in [2.45, 2.75) is 33.3 Å². The third kappa shape index (κ3) is 3.78. The van der Waals surface area contributed by atoms with Crippen molar-refractivity contribution in [2.75, 3.05) is 20.2 Å². The lowest BCUT2D eigenvalue weighted by Crippen LogP contribution is -2.39. The van der Waals surface area contributed by atoms with E-state index in [1.54, 1.807) is 7.11 Å². The third-order valence-corrected chi connectivity index (χ3v) is 3.77. The molecule has 1 aromatic rings. The van der Waals surface area contributed by atoms with Crippen LogP contribution in [-0.2, 0) is 9.63 Å². The van der Waals surface area contributed by atoms with Crippen LogP contribution >= 0.6 is 0 Å². The molecule has 0 N–H and O–H groups in total. The maximum atomic E-state index is 12.1. The van der Waals surface area contributed by atoms with E-state index in [0.29, 0.717) is 19.5 Å². The largest absolute Gasteiger partial charge is 0.497 e. The van der Waals surface area contributed by atoms with Gasteiger partial charge in [0.2, 0.25) is 5.91 Å². The number of carbonyl (C=O) groups is 1. The molecule has 22 heavy (non-hydrogen) atoms. The van der Waals surface area contributed by atoms with Crippen LogP contribution in [0.3, 0.4) is 0 Å². The molecule has 0 spiro atoms. The van der Waals surface area contributed by atoms with Gasteiger partial charge in [0.05, 0.1) is 19.4 Å². The van der Waals surface area contributed by atoms with Gasteiger partial charge in [0.25, 0.3) is 0 Å². The molecule has 0 saturated heterocycles. The average Bonchev–Trinajstić information content (AvgIpc) is 3.00. The molecule has 1 aromatic carbocycles. The molecule has 5 heteroatoms. The molecule has 0 aliphatic carbocycles. The second kappa shape index (κ2) is 7.29. The van der Waals surface area contributed by atoms with E-state index in [0.717, 1.165) is 17.0 Å². The molecule has 120 valence electrons. The van der Waals surface area contributed by atoms with Gasteiger partial charge in [-0.05, 0) is 36.8 Å². The molecule has 1 atom stereocenters. The van der Waals surface area contributed by atoms with Crippen LogP contribution in [0.25, 0.3) is 0 Å². The number of methoxy groups -OCH3 is 1. The highest BCUT2D eigenvalue weighted by Gasteiger charge is 2.26. The van der Waals surface area contributed by atoms with Gasteiger partial charge >= 0.3 is 0 Å². The van der Waals surface area contributed by atoms with Gasteiger partial charge in [0, 0.05) is 18.9 Å². The minimum Gasteiger partial charge on any atom is -0.497 e. The Morgan fingerprint density at radius 2 is 2.09 bits per heavy atom. The number of hydrogen-bond donors (Lipinski definition) is 0. The van der Waals surface area contributed by atoms with Gasteiger partial charge in [-0.15, -0.1) is 0 Å². The minimum absolute atomic E-state index is 0.00308. The standard InChI is InChI=1S/C17H24N2O3/c1-5-19(17(20)12(2)3)11-15-10-16(18-22-15)13-6-8-14(21-4)9-7-13/h6-9,12,15H,5,10-11H2,1-4H3/t15-/m1/s1. The second-order valence-corrected chi connectivity index (χ2v) is 5.73. The van der Waals surface area contributed by atoms with Crippen LogP contribution in [0.2, 0.25) is 0 Å². The van der Waals surface area contributed by atoms with Gasteiger partial charge in [-0.25, -0.2) is 0 Å². The van der Waals surface area contributed by atoms with E-state index < -0.39 is 0 Å². The van der Waals surface area contributed by atoms with Crippen molar-refractivity contribution in [3.05, 3.63) is 29.8 Å². The Morgan fingerprint density at radius 3 is 2.64 bits per heavy atom. The van der Waals surface area contributed by atoms with Crippen LogP contribution in [0.1, 0.15) is 32.8 Å². The van der Waals surface area contributed by atoms with Gasteiger partial charge in [-0.3, -0.25) is 4.79 Å². The lowest BCUT2D eigenvalue weighted by molar-refractivity contribution is -0.136. The van der Waals surface area contributed by atoms with E-state index >= 15 is 0 Å². The SMILES string of the molecule is CCN(C[C@H]1CC(c2ccc(OC)cc2)=NO1)C(=O)C(C)C. The number of nitrogens with zero attached hydrogens (tertiary/aromatic N) is 2. The summed E-state index contributed by atoms with van der Waals surface area (Å²) >= 11 is 0. The number of oxime groups is 1. The Labute approximate surface area is 131 Å². The number of amides is 1. The Hall–Kier alpha value is -2.04. The van der Waals surface area contributed by atoms with Gasteiger partial charge in [0.1, 0.15) is 5.75 Å². The maximum absolute atomic E-state index is 12.1. The van der Waals surface area contributed by atoms with Crippen molar-refractivity contribution in [1.29, 1.82) is 0 Å². The van der Waals surface area contributed by atoms with Gasteiger partial charge in [0.15, 0.2) is 6.10 Å². The predicted octanol–water partition coefficient (Wildman–Crippen LogP) is 2.69. The predicted molar refractivity (Wildman–Crippen MR) is 86.1 cm³/mol. The van der Waals surface area contributed by atoms with Crippen LogP contribution in [0.15, 0.2) is 29.4 Å². The van der Waals surface area contributed by atoms with E-state index in [-0.39, 0.29) is 17.9 Å². The van der Waals surface area contributed by atoms with Crippen LogP contribution in [0.5, 0.6) is 5.75 Å². The van der Waals surface area contributed by atoms with Crippen molar-refractivity contribution in [2.24, 2.45) is 11.1 Å². The fourth-order valence-electron chi connectivity index (χ4n) is 2.47. The van der Waals surface area contributed by atoms with E-state index in [4.69, 9.17) is 9.57 Å². The molecule has 0 bridgehead atoms. The number of likely N-dealkylation sites (N-methyl/N-ethyl adjacent to an activating group) is 1. The Balaban J connectivity index is 1.94. The Morgan fingerprint density at radius 1 is 1.41 bits per heavy atom. The highest BCUT2D eigenvalue weighted by Crippen LogP contribution is 2.20. The lowest BCUT2D eigenvalue weighted by atomic mass is 10.0. The number of carbonyl (C=O) groups excluding carboxylic acids is 1. The van der Waals surface area contributed by atoms with Crippen molar-refractivity contribution < 1.29 is 14.4 Å². The summed E-state index contributed by atoms with van der Waals surface area (Å²) < 4.78 is 5.15. The molecule has 0 radical (unpaired) electrons. The highest BCUT2D eigenvalue weighted by molar-refractivity contribution is 6.01. The zero-order chi connectivity index (χ0) is 16.1. The van der Waals surface area contributed by atoms with Gasteiger partial charge in [-0.1, -0.05) is 19.0 Å². The zero-order valence-corrected chi connectivity index (χ0v) is 13.7. The Bertz CT molecular complexity index is 537. The summed E-state index contributed by atoms with van der Waals surface area (Å²) in [5, 5.41) is 4.17. The topological polar surface area (TPSA) is 51.1 Å². The monoisotopic (exact) mass is 304 g/mol. The first kappa shape index (κ1) is 16.3. The molecule has 0 unspecified atom stereocenters. The summed E-state index contributed by atoms with van der Waals surface area (Å²) in [7, 11) is 1.65. The van der Waals surface area contributed by atoms with Crippen molar-refractivity contribution in [3.8, 4) is 5.75 Å². The number of benzene rings is 1. The van der Waals surface area contributed by atoms with Gasteiger partial charge in [-0.2, -0.15) is 0 Å². The third-order valence-electron chi connectivity index (χ3n) is 3.77. The molecule has 0 fully saturated rings. The fraction of sp³-hybridized carbons (Fsp3) is 0.529. The van der Waals surface area contributed by atoms with Crippen molar-refractivity contribution in [3.63, 3.8) is 0 Å². The highest BCUT2D eigenvalue weighted by atomic mass is 16.6. The van der Waals surface area contributed by atoms with E-state index in [1.165, 1.54) is 0 Å². The average molecular weight is 304 g/mol. The first-order valence-corrected chi connectivity index (χ1v) is 7.71. The number of rotatable bonds is 6. The first-order chi connectivity index (χ1) is 10.5. The van der Waals surface area contributed by atoms with E-state index in [1.807, 2.05) is 49.9 Å². The molecule has 1 aliphatic rings. The molecule has 1 aliphatic heterocycles. The summed E-state index contributed by atoms with van der Waals surface area (Å²) in [6, 6.07) is 7.76. The molecule has 2 rings (SSSR count). The Kier molecular flexibility index (Phi) is 5.41. The second-order valence-electron chi connectivity index (χ2n) is 5.73. The van der Waals surface area contributed by atoms with Crippen LogP contribution in [0.4, 0.5) is 0 Å². The lowest BCUT2D eigenvalue weighted by Gasteiger charge is -2.24. The van der Waals surface area contributed by atoms with Crippen LogP contribution in [-0.4, -0.2) is 42.8 Å². The van der Waals surface area contributed by atoms with Gasteiger partial charge < -0.3 is 14.5 Å². The molecule has 0 saturated carbocycles. The molecular weight excluding hydrogens is 280 g/mol. The molecular formula is C17H24N2O3. The maximum Gasteiger partial charge on any atom is 0.225 e. The van der Waals surface area contributed by atoms with Crippen molar-refractivity contribution >= 4 is 11.6 Å². The van der Waals surface area contributed by atoms with E-state index in [9.17, 15) is 4.79 Å². The molecule has 0 aromatic heterocycles. The zero-order valence-electron chi connectivity index (χ0n) is 13.7. The summed E-state index contributed by atoms with van der Waals surface area (Å²) in [6.07, 6.45) is 0.647. The summed E-state index contributed by atoms with van der Waals surface area (Å²) in [5.74, 6) is 0.979. The number of hydrogen-bond acceptors (Lipinski definition) is 4. The molecule has 1 amide bonds. The number of ether oxygens (including phenoxy) is 1. The normalized spacial score (nSPS) is 17.1. The quantitative estimate of drug-likeness (QED) is 0.812. The van der Waals surface area contributed by atoms with Crippen LogP contribution < -0.4 is 4.74 Å². The van der Waals surface area contributed by atoms with Crippen LogP contribution in [0, 0.1) is 5.92 Å². The van der Waals surface area contributed by atoms with Crippen molar-refractivity contribution in [1.82, 2.24) is 4.90 Å². The summed E-state index contributed by atoms with van der Waals surface area (Å²) in [6.45, 7) is 7.09. The summed E-state index contributed by atoms with van der Waals surface area (Å²) in [4.78, 5) is 19.4. The fourth-order valence-corrected chi connectivity index (χ4v) is 2.47. The minimum atomic E-state index is -0.0697. The first-order valence-electron chi connectivity index (χ1n) is 7.71. The smallest absolute Gasteiger partial charge is 0.225 e.